The normalized spacial score (nSPS) is 26.5. The first-order valence-electron chi connectivity index (χ1n) is 7.91. The second-order valence-corrected chi connectivity index (χ2v) is 5.76. The predicted octanol–water partition coefficient (Wildman–Crippen LogP) is 0.699. The van der Waals surface area contributed by atoms with E-state index in [4.69, 9.17) is 9.47 Å². The minimum Gasteiger partial charge on any atom is -0.469 e. The lowest BCUT2D eigenvalue weighted by Gasteiger charge is -2.31. The molecule has 2 fully saturated rings. The van der Waals surface area contributed by atoms with Gasteiger partial charge in [0, 0.05) is 26.2 Å². The van der Waals surface area contributed by atoms with Crippen molar-refractivity contribution in [2.75, 3.05) is 33.4 Å². The largest absolute Gasteiger partial charge is 0.469 e. The van der Waals surface area contributed by atoms with Crippen molar-refractivity contribution in [3.05, 3.63) is 0 Å². The van der Waals surface area contributed by atoms with Crippen molar-refractivity contribution in [1.29, 1.82) is 0 Å². The SMILES string of the molecule is COC(=O)CCN(CC1CCCO1)C1CCCCNC1=O. The first-order valence-corrected chi connectivity index (χ1v) is 7.91. The molecule has 2 aliphatic rings. The van der Waals surface area contributed by atoms with Crippen molar-refractivity contribution < 1.29 is 19.1 Å². The van der Waals surface area contributed by atoms with Crippen LogP contribution in [0.2, 0.25) is 0 Å². The smallest absolute Gasteiger partial charge is 0.306 e. The van der Waals surface area contributed by atoms with Gasteiger partial charge in [0.05, 0.1) is 25.7 Å². The Bertz CT molecular complexity index is 356. The monoisotopic (exact) mass is 298 g/mol. The number of hydrogen-bond acceptors (Lipinski definition) is 5. The predicted molar refractivity (Wildman–Crippen MR) is 77.8 cm³/mol. The van der Waals surface area contributed by atoms with E-state index in [1.165, 1.54) is 7.11 Å². The summed E-state index contributed by atoms with van der Waals surface area (Å²) in [5.74, 6) is -0.156. The van der Waals surface area contributed by atoms with Gasteiger partial charge in [0.15, 0.2) is 0 Å². The Morgan fingerprint density at radius 1 is 1.38 bits per heavy atom. The molecule has 2 saturated heterocycles. The topological polar surface area (TPSA) is 67.9 Å². The lowest BCUT2D eigenvalue weighted by atomic mass is 10.1. The number of carbonyl (C=O) groups is 2. The van der Waals surface area contributed by atoms with Gasteiger partial charge in [-0.05, 0) is 32.1 Å². The summed E-state index contributed by atoms with van der Waals surface area (Å²) in [5.41, 5.74) is 0. The second-order valence-electron chi connectivity index (χ2n) is 5.76. The number of esters is 1. The highest BCUT2D eigenvalue weighted by molar-refractivity contribution is 5.82. The van der Waals surface area contributed by atoms with Gasteiger partial charge in [-0.25, -0.2) is 0 Å². The molecular weight excluding hydrogens is 272 g/mol. The molecule has 120 valence electrons. The molecule has 21 heavy (non-hydrogen) atoms. The Morgan fingerprint density at radius 2 is 2.24 bits per heavy atom. The molecular formula is C15H26N2O4. The summed E-state index contributed by atoms with van der Waals surface area (Å²) in [6, 6.07) is -0.152. The standard InChI is InChI=1S/C15H26N2O4/c1-20-14(18)7-9-17(11-12-5-4-10-21-12)13-6-2-3-8-16-15(13)19/h12-13H,2-11H2,1H3,(H,16,19). The first kappa shape index (κ1) is 16.2. The van der Waals surface area contributed by atoms with E-state index in [0.29, 0.717) is 13.0 Å². The zero-order chi connectivity index (χ0) is 15.1. The van der Waals surface area contributed by atoms with Crippen molar-refractivity contribution in [3.63, 3.8) is 0 Å². The van der Waals surface area contributed by atoms with Crippen LogP contribution in [0.25, 0.3) is 0 Å². The molecule has 2 unspecified atom stereocenters. The quantitative estimate of drug-likeness (QED) is 0.731. The van der Waals surface area contributed by atoms with E-state index >= 15 is 0 Å². The number of hydrogen-bond donors (Lipinski definition) is 1. The van der Waals surface area contributed by atoms with E-state index in [-0.39, 0.29) is 24.0 Å². The van der Waals surface area contributed by atoms with Crippen LogP contribution in [0.3, 0.4) is 0 Å². The molecule has 1 N–H and O–H groups in total. The van der Waals surface area contributed by atoms with E-state index in [0.717, 1.165) is 51.8 Å². The Kier molecular flexibility index (Phi) is 6.45. The van der Waals surface area contributed by atoms with Crippen LogP contribution in [0.5, 0.6) is 0 Å². The van der Waals surface area contributed by atoms with Gasteiger partial charge >= 0.3 is 5.97 Å². The van der Waals surface area contributed by atoms with Crippen LogP contribution < -0.4 is 5.32 Å². The maximum atomic E-state index is 12.2. The second kappa shape index (κ2) is 8.34. The molecule has 2 atom stereocenters. The van der Waals surface area contributed by atoms with Gasteiger partial charge in [-0.15, -0.1) is 0 Å². The summed E-state index contributed by atoms with van der Waals surface area (Å²) >= 11 is 0. The highest BCUT2D eigenvalue weighted by atomic mass is 16.5. The Hall–Kier alpha value is -1.14. The van der Waals surface area contributed by atoms with E-state index in [1.807, 2.05) is 0 Å². The van der Waals surface area contributed by atoms with Crippen LogP contribution in [0, 0.1) is 0 Å². The minimum absolute atomic E-state index is 0.0790. The number of ether oxygens (including phenoxy) is 2. The molecule has 0 radical (unpaired) electrons. The number of rotatable bonds is 6. The number of nitrogens with one attached hydrogen (secondary N) is 1. The molecule has 0 spiro atoms. The van der Waals surface area contributed by atoms with Crippen LogP contribution in [-0.2, 0) is 19.1 Å². The molecule has 2 heterocycles. The molecule has 0 aromatic heterocycles. The van der Waals surface area contributed by atoms with Gasteiger partial charge < -0.3 is 14.8 Å². The summed E-state index contributed by atoms with van der Waals surface area (Å²) in [6.07, 6.45) is 5.50. The fraction of sp³-hybridized carbons (Fsp3) is 0.867. The number of methoxy groups -OCH3 is 1. The zero-order valence-electron chi connectivity index (χ0n) is 12.8. The summed E-state index contributed by atoms with van der Waals surface area (Å²) in [7, 11) is 1.39. The molecule has 1 amide bonds. The van der Waals surface area contributed by atoms with Gasteiger partial charge in [-0.1, -0.05) is 0 Å². The number of nitrogens with zero attached hydrogens (tertiary/aromatic N) is 1. The summed E-state index contributed by atoms with van der Waals surface area (Å²) in [4.78, 5) is 25.7. The van der Waals surface area contributed by atoms with Crippen LogP contribution in [-0.4, -0.2) is 62.3 Å². The van der Waals surface area contributed by atoms with Crippen LogP contribution in [0.4, 0.5) is 0 Å². The maximum absolute atomic E-state index is 12.2. The summed E-state index contributed by atoms with van der Waals surface area (Å²) in [5, 5.41) is 2.96. The van der Waals surface area contributed by atoms with E-state index < -0.39 is 0 Å². The van der Waals surface area contributed by atoms with Gasteiger partial charge in [-0.2, -0.15) is 0 Å². The number of carbonyl (C=O) groups excluding carboxylic acids is 2. The fourth-order valence-corrected chi connectivity index (χ4v) is 3.03. The van der Waals surface area contributed by atoms with Gasteiger partial charge in [0.2, 0.25) is 5.91 Å². The highest BCUT2D eigenvalue weighted by Gasteiger charge is 2.30. The van der Waals surface area contributed by atoms with E-state index in [9.17, 15) is 9.59 Å². The average molecular weight is 298 g/mol. The third-order valence-electron chi connectivity index (χ3n) is 4.24. The van der Waals surface area contributed by atoms with Crippen molar-refractivity contribution in [2.45, 2.75) is 50.7 Å². The van der Waals surface area contributed by atoms with Crippen molar-refractivity contribution in [1.82, 2.24) is 10.2 Å². The number of amides is 1. The fourth-order valence-electron chi connectivity index (χ4n) is 3.03. The van der Waals surface area contributed by atoms with Crippen molar-refractivity contribution in [3.8, 4) is 0 Å². The Labute approximate surface area is 126 Å². The van der Waals surface area contributed by atoms with Gasteiger partial charge in [0.25, 0.3) is 0 Å². The molecule has 0 aliphatic carbocycles. The Balaban J connectivity index is 1.97. The van der Waals surface area contributed by atoms with Gasteiger partial charge in [0.1, 0.15) is 0 Å². The first-order chi connectivity index (χ1) is 10.2. The van der Waals surface area contributed by atoms with Crippen LogP contribution in [0.15, 0.2) is 0 Å². The molecule has 6 heteroatoms. The zero-order valence-corrected chi connectivity index (χ0v) is 12.8. The van der Waals surface area contributed by atoms with E-state index in [2.05, 4.69) is 10.2 Å². The Morgan fingerprint density at radius 3 is 2.95 bits per heavy atom. The van der Waals surface area contributed by atoms with Gasteiger partial charge in [-0.3, -0.25) is 14.5 Å². The molecule has 0 aromatic rings. The van der Waals surface area contributed by atoms with Crippen molar-refractivity contribution >= 4 is 11.9 Å². The average Bonchev–Trinajstić information content (AvgIpc) is 2.91. The van der Waals surface area contributed by atoms with Crippen molar-refractivity contribution in [2.24, 2.45) is 0 Å². The summed E-state index contributed by atoms with van der Waals surface area (Å²) < 4.78 is 10.4. The lowest BCUT2D eigenvalue weighted by Crippen LogP contribution is -2.49. The van der Waals surface area contributed by atoms with Crippen LogP contribution in [0.1, 0.15) is 38.5 Å². The molecule has 2 rings (SSSR count). The minimum atomic E-state index is -0.235. The molecule has 0 aromatic carbocycles. The summed E-state index contributed by atoms with van der Waals surface area (Å²) in [6.45, 7) is 2.81. The van der Waals surface area contributed by atoms with Crippen LogP contribution >= 0.6 is 0 Å². The lowest BCUT2D eigenvalue weighted by molar-refractivity contribution is -0.142. The molecule has 0 bridgehead atoms. The third-order valence-corrected chi connectivity index (χ3v) is 4.24. The highest BCUT2D eigenvalue weighted by Crippen LogP contribution is 2.18. The maximum Gasteiger partial charge on any atom is 0.306 e. The van der Waals surface area contributed by atoms with E-state index in [1.54, 1.807) is 0 Å². The molecule has 0 saturated carbocycles. The third kappa shape index (κ3) is 4.97. The molecule has 6 nitrogen and oxygen atoms in total. The molecule has 2 aliphatic heterocycles.